The maximum Gasteiger partial charge on any atom is 0.237 e. The van der Waals surface area contributed by atoms with Gasteiger partial charge in [0.25, 0.3) is 0 Å². The highest BCUT2D eigenvalue weighted by Crippen LogP contribution is 2.42. The van der Waals surface area contributed by atoms with Crippen LogP contribution in [0.25, 0.3) is 17.2 Å². The number of pyridine rings is 1. The summed E-state index contributed by atoms with van der Waals surface area (Å²) in [6.45, 7) is 3.89. The molecule has 2 atom stereocenters. The summed E-state index contributed by atoms with van der Waals surface area (Å²) in [6, 6.07) is 5.01. The zero-order valence-electron chi connectivity index (χ0n) is 13.1. The van der Waals surface area contributed by atoms with E-state index in [0.29, 0.717) is 29.5 Å². The van der Waals surface area contributed by atoms with E-state index in [4.69, 9.17) is 4.52 Å². The summed E-state index contributed by atoms with van der Waals surface area (Å²) in [7, 11) is 0. The van der Waals surface area contributed by atoms with Crippen LogP contribution < -0.4 is 0 Å². The van der Waals surface area contributed by atoms with E-state index in [1.54, 1.807) is 10.9 Å². The number of aryl methyl sites for hydroxylation is 2. The Labute approximate surface area is 136 Å². The lowest BCUT2D eigenvalue weighted by atomic mass is 10.2. The molecule has 0 spiro atoms. The molecule has 1 saturated carbocycles. The summed E-state index contributed by atoms with van der Waals surface area (Å²) in [5.41, 5.74) is 2.61. The fraction of sp³-hybridized carbons (Fsp3) is 0.333. The van der Waals surface area contributed by atoms with E-state index in [2.05, 4.69) is 20.2 Å². The van der Waals surface area contributed by atoms with Gasteiger partial charge in [0.2, 0.25) is 17.8 Å². The van der Waals surface area contributed by atoms with Gasteiger partial charge in [-0.1, -0.05) is 5.16 Å². The Morgan fingerprint density at radius 2 is 2.21 bits per heavy atom. The Kier molecular flexibility index (Phi) is 3.15. The Bertz CT molecular complexity index is 914. The molecule has 2 unspecified atom stereocenters. The third kappa shape index (κ3) is 2.43. The maximum absolute atomic E-state index is 10.7. The van der Waals surface area contributed by atoms with Crippen molar-refractivity contribution in [3.63, 3.8) is 0 Å². The molecule has 0 N–H and O–H groups in total. The fourth-order valence-electron chi connectivity index (χ4n) is 2.69. The van der Waals surface area contributed by atoms with E-state index in [0.717, 1.165) is 11.4 Å². The lowest BCUT2D eigenvalue weighted by Gasteiger charge is -2.03. The number of rotatable bonds is 4. The first-order valence-corrected chi connectivity index (χ1v) is 7.50. The lowest BCUT2D eigenvalue weighted by Crippen LogP contribution is -2.03. The maximum atomic E-state index is 10.7. The number of hydrogen-bond acceptors (Lipinski definition) is 7. The molecule has 0 saturated heterocycles. The van der Waals surface area contributed by atoms with Crippen LogP contribution >= 0.6 is 0 Å². The average Bonchev–Trinajstić information content (AvgIpc) is 3.09. The van der Waals surface area contributed by atoms with Gasteiger partial charge in [-0.3, -0.25) is 10.1 Å². The third-order valence-corrected chi connectivity index (χ3v) is 4.02. The Morgan fingerprint density at radius 3 is 2.79 bits per heavy atom. The largest absolute Gasteiger partial charge is 0.338 e. The van der Waals surface area contributed by atoms with Gasteiger partial charge < -0.3 is 4.52 Å². The molecule has 1 fully saturated rings. The van der Waals surface area contributed by atoms with Crippen LogP contribution in [0.4, 0.5) is 0 Å². The predicted octanol–water partition coefficient (Wildman–Crippen LogP) is 2.07. The molecule has 3 aromatic heterocycles. The summed E-state index contributed by atoms with van der Waals surface area (Å²) >= 11 is 0. The van der Waals surface area contributed by atoms with Gasteiger partial charge >= 0.3 is 0 Å². The Morgan fingerprint density at radius 1 is 1.38 bits per heavy atom. The minimum atomic E-state index is -0.607. The lowest BCUT2D eigenvalue weighted by molar-refractivity contribution is -0.496. The topological polar surface area (TPSA) is 113 Å². The molecule has 0 aliphatic heterocycles. The molecule has 3 aromatic rings. The van der Waals surface area contributed by atoms with Crippen molar-refractivity contribution >= 4 is 0 Å². The van der Waals surface area contributed by atoms with Gasteiger partial charge in [-0.05, 0) is 32.0 Å². The first-order chi connectivity index (χ1) is 11.5. The van der Waals surface area contributed by atoms with Gasteiger partial charge in [-0.15, -0.1) is 0 Å². The van der Waals surface area contributed by atoms with Crippen molar-refractivity contribution in [3.8, 4) is 17.2 Å². The van der Waals surface area contributed by atoms with Crippen molar-refractivity contribution in [2.75, 3.05) is 0 Å². The molecule has 122 valence electrons. The van der Waals surface area contributed by atoms with Crippen LogP contribution in [0.15, 0.2) is 28.9 Å². The van der Waals surface area contributed by atoms with Crippen LogP contribution in [0.1, 0.15) is 29.6 Å². The van der Waals surface area contributed by atoms with Crippen LogP contribution in [-0.2, 0) is 0 Å². The van der Waals surface area contributed by atoms with E-state index in [9.17, 15) is 10.1 Å². The second-order valence-electron chi connectivity index (χ2n) is 5.90. The van der Waals surface area contributed by atoms with Crippen molar-refractivity contribution in [2.24, 2.45) is 0 Å². The predicted molar refractivity (Wildman–Crippen MR) is 82.3 cm³/mol. The van der Waals surface area contributed by atoms with Gasteiger partial charge in [0.15, 0.2) is 5.82 Å². The van der Waals surface area contributed by atoms with Gasteiger partial charge in [0.1, 0.15) is 5.92 Å². The average molecular weight is 326 g/mol. The van der Waals surface area contributed by atoms with E-state index in [1.165, 1.54) is 0 Å². The van der Waals surface area contributed by atoms with Gasteiger partial charge in [0, 0.05) is 28.8 Å². The summed E-state index contributed by atoms with van der Waals surface area (Å²) in [5, 5.41) is 19.0. The first kappa shape index (κ1) is 14.5. The second kappa shape index (κ2) is 5.22. The molecule has 1 aliphatic carbocycles. The smallest absolute Gasteiger partial charge is 0.237 e. The molecule has 3 heterocycles. The van der Waals surface area contributed by atoms with E-state index < -0.39 is 6.04 Å². The summed E-state index contributed by atoms with van der Waals surface area (Å²) in [5.74, 6) is 1.12. The van der Waals surface area contributed by atoms with Crippen LogP contribution in [0, 0.1) is 24.0 Å². The number of nitrogens with zero attached hydrogens (tertiary/aromatic N) is 6. The standard InChI is InChI=1S/C15H14N6O3/c1-8-5-9(2)20(18-8)13-4-3-10(7-16-13)14-17-15(24-19-14)11-6-12(11)21(22)23/h3-5,7,11-12H,6H2,1-2H3. The SMILES string of the molecule is Cc1cc(C)n(-c2ccc(-c3noc(C4CC4[N+](=O)[O-])n3)cn2)n1. The minimum absolute atomic E-state index is 0.275. The fourth-order valence-corrected chi connectivity index (χ4v) is 2.69. The molecule has 9 heteroatoms. The molecular formula is C15H14N6O3. The van der Waals surface area contributed by atoms with Gasteiger partial charge in [-0.2, -0.15) is 10.1 Å². The van der Waals surface area contributed by atoms with Gasteiger partial charge in [-0.25, -0.2) is 9.67 Å². The van der Waals surface area contributed by atoms with Crippen molar-refractivity contribution in [3.05, 3.63) is 51.8 Å². The molecule has 1 aliphatic rings. The van der Waals surface area contributed by atoms with Crippen LogP contribution in [0.2, 0.25) is 0 Å². The molecule has 0 bridgehead atoms. The number of hydrogen-bond donors (Lipinski definition) is 0. The minimum Gasteiger partial charge on any atom is -0.338 e. The number of nitro groups is 1. The highest BCUT2D eigenvalue weighted by atomic mass is 16.6. The van der Waals surface area contributed by atoms with Crippen molar-refractivity contribution in [1.82, 2.24) is 24.9 Å². The van der Waals surface area contributed by atoms with E-state index >= 15 is 0 Å². The monoisotopic (exact) mass is 326 g/mol. The summed E-state index contributed by atoms with van der Waals surface area (Å²) in [4.78, 5) is 19.1. The van der Waals surface area contributed by atoms with Crippen molar-refractivity contribution in [2.45, 2.75) is 32.2 Å². The van der Waals surface area contributed by atoms with Crippen LogP contribution in [0.3, 0.4) is 0 Å². The molecular weight excluding hydrogens is 312 g/mol. The molecule has 24 heavy (non-hydrogen) atoms. The summed E-state index contributed by atoms with van der Waals surface area (Å²) < 4.78 is 6.91. The third-order valence-electron chi connectivity index (χ3n) is 4.02. The van der Waals surface area contributed by atoms with Crippen molar-refractivity contribution < 1.29 is 9.45 Å². The van der Waals surface area contributed by atoms with Crippen molar-refractivity contribution in [1.29, 1.82) is 0 Å². The van der Waals surface area contributed by atoms with Crippen LogP contribution in [-0.4, -0.2) is 35.9 Å². The first-order valence-electron chi connectivity index (χ1n) is 7.50. The highest BCUT2D eigenvalue weighted by molar-refractivity contribution is 5.54. The molecule has 0 amide bonds. The second-order valence-corrected chi connectivity index (χ2v) is 5.90. The Balaban J connectivity index is 1.57. The van der Waals surface area contributed by atoms with E-state index in [1.807, 2.05) is 32.0 Å². The quantitative estimate of drug-likeness (QED) is 0.532. The molecule has 9 nitrogen and oxygen atoms in total. The van der Waals surface area contributed by atoms with Crippen LogP contribution in [0.5, 0.6) is 0 Å². The normalized spacial score (nSPS) is 19.4. The highest BCUT2D eigenvalue weighted by Gasteiger charge is 2.53. The molecule has 0 radical (unpaired) electrons. The molecule has 4 rings (SSSR count). The molecule has 0 aromatic carbocycles. The summed E-state index contributed by atoms with van der Waals surface area (Å²) in [6.07, 6.45) is 2.09. The number of aromatic nitrogens is 5. The Hall–Kier alpha value is -3.10. The zero-order valence-corrected chi connectivity index (χ0v) is 13.1. The van der Waals surface area contributed by atoms with E-state index in [-0.39, 0.29) is 10.8 Å². The zero-order chi connectivity index (χ0) is 16.8. The van der Waals surface area contributed by atoms with Gasteiger partial charge in [0.05, 0.1) is 5.69 Å².